The van der Waals surface area contributed by atoms with Crippen molar-refractivity contribution in [3.63, 3.8) is 0 Å². The molecule has 6 nitrogen and oxygen atoms in total. The van der Waals surface area contributed by atoms with Crippen LogP contribution in [0.3, 0.4) is 0 Å². The van der Waals surface area contributed by atoms with Crippen molar-refractivity contribution in [3.8, 4) is 5.82 Å². The van der Waals surface area contributed by atoms with Crippen molar-refractivity contribution in [1.29, 1.82) is 0 Å². The summed E-state index contributed by atoms with van der Waals surface area (Å²) in [5, 5.41) is 0.915. The number of pyridine rings is 3. The molecule has 0 spiro atoms. The van der Waals surface area contributed by atoms with Crippen LogP contribution in [0.5, 0.6) is 0 Å². The number of aromatic nitrogens is 3. The molecule has 6 heteroatoms. The number of nitrogens with two attached hydrogens (primary N) is 1. The molecule has 0 fully saturated rings. The van der Waals surface area contributed by atoms with E-state index >= 15 is 0 Å². The third-order valence-electron chi connectivity index (χ3n) is 3.48. The topological polar surface area (TPSA) is 77.0 Å². The smallest absolute Gasteiger partial charge is 0.279 e. The summed E-state index contributed by atoms with van der Waals surface area (Å²) in [5.41, 5.74) is 7.67. The van der Waals surface area contributed by atoms with Crippen molar-refractivity contribution in [2.45, 2.75) is 20.4 Å². The van der Waals surface area contributed by atoms with E-state index in [1.165, 1.54) is 4.57 Å². The van der Waals surface area contributed by atoms with Gasteiger partial charge in [-0.1, -0.05) is 13.8 Å². The first-order valence-corrected chi connectivity index (χ1v) is 7.95. The predicted octanol–water partition coefficient (Wildman–Crippen LogP) is 2.33. The van der Waals surface area contributed by atoms with E-state index < -0.39 is 0 Å². The van der Waals surface area contributed by atoms with Gasteiger partial charge in [0.2, 0.25) is 0 Å². The molecule has 3 aromatic heterocycles. The van der Waals surface area contributed by atoms with Gasteiger partial charge in [0, 0.05) is 38.4 Å². The van der Waals surface area contributed by atoms with Crippen LogP contribution in [0.4, 0.5) is 5.69 Å². The van der Waals surface area contributed by atoms with Crippen molar-refractivity contribution in [2.75, 3.05) is 19.0 Å². The summed E-state index contributed by atoms with van der Waals surface area (Å²) < 4.78 is 1.54. The Labute approximate surface area is 141 Å². The summed E-state index contributed by atoms with van der Waals surface area (Å²) in [6.45, 7) is 4.36. The molecule has 0 radical (unpaired) electrons. The summed E-state index contributed by atoms with van der Waals surface area (Å²) in [7, 11) is 3.68. The lowest BCUT2D eigenvalue weighted by molar-refractivity contribution is 0.930. The number of hydrogen-bond acceptors (Lipinski definition) is 5. The predicted molar refractivity (Wildman–Crippen MR) is 98.7 cm³/mol. The summed E-state index contributed by atoms with van der Waals surface area (Å²) >= 11 is 0. The zero-order valence-electron chi connectivity index (χ0n) is 14.5. The molecule has 0 amide bonds. The van der Waals surface area contributed by atoms with Gasteiger partial charge in [-0.05, 0) is 30.3 Å². The lowest BCUT2D eigenvalue weighted by atomic mass is 10.2. The van der Waals surface area contributed by atoms with E-state index in [0.717, 1.165) is 16.6 Å². The molecule has 0 atom stereocenters. The molecule has 2 N–H and O–H groups in total. The van der Waals surface area contributed by atoms with E-state index in [-0.39, 0.29) is 5.56 Å². The highest BCUT2D eigenvalue weighted by Gasteiger charge is 2.08. The third-order valence-corrected chi connectivity index (χ3v) is 3.48. The van der Waals surface area contributed by atoms with Gasteiger partial charge in [0.1, 0.15) is 11.5 Å². The minimum absolute atomic E-state index is 0.104. The third kappa shape index (κ3) is 3.44. The van der Waals surface area contributed by atoms with E-state index in [9.17, 15) is 4.79 Å². The van der Waals surface area contributed by atoms with Crippen LogP contribution in [0.1, 0.15) is 19.5 Å². The molecule has 24 heavy (non-hydrogen) atoms. The molecule has 3 heterocycles. The van der Waals surface area contributed by atoms with E-state index in [1.54, 1.807) is 23.4 Å². The van der Waals surface area contributed by atoms with Gasteiger partial charge >= 0.3 is 0 Å². The Morgan fingerprint density at radius 3 is 2.62 bits per heavy atom. The molecule has 0 aliphatic heterocycles. The second-order valence-electron chi connectivity index (χ2n) is 5.20. The number of rotatable bonds is 3. The first-order valence-electron chi connectivity index (χ1n) is 7.95. The van der Waals surface area contributed by atoms with Crippen LogP contribution in [0, 0.1) is 0 Å². The van der Waals surface area contributed by atoms with Gasteiger partial charge < -0.3 is 10.6 Å². The fourth-order valence-electron chi connectivity index (χ4n) is 2.30. The maximum absolute atomic E-state index is 12.5. The van der Waals surface area contributed by atoms with Crippen molar-refractivity contribution < 1.29 is 0 Å². The van der Waals surface area contributed by atoms with Gasteiger partial charge in [-0.3, -0.25) is 14.3 Å². The molecular weight excluding hydrogens is 302 g/mol. The molecule has 0 aliphatic carbocycles. The van der Waals surface area contributed by atoms with E-state index in [0.29, 0.717) is 18.1 Å². The highest BCUT2D eigenvalue weighted by Crippen LogP contribution is 2.15. The Morgan fingerprint density at radius 1 is 1.21 bits per heavy atom. The van der Waals surface area contributed by atoms with Crippen LogP contribution < -0.4 is 16.2 Å². The molecule has 0 aromatic carbocycles. The lowest BCUT2D eigenvalue weighted by Crippen LogP contribution is -2.26. The molecule has 0 aliphatic rings. The number of nitrogens with zero attached hydrogens (tertiary/aromatic N) is 4. The monoisotopic (exact) mass is 325 g/mol. The fourth-order valence-corrected chi connectivity index (χ4v) is 2.30. The molecule has 0 unspecified atom stereocenters. The van der Waals surface area contributed by atoms with Crippen LogP contribution >= 0.6 is 0 Å². The molecular formula is C18H23N5O. The largest absolute Gasteiger partial charge is 0.373 e. The van der Waals surface area contributed by atoms with Crippen LogP contribution in [0.15, 0.2) is 47.5 Å². The molecule has 3 rings (SSSR count). The summed E-state index contributed by atoms with van der Waals surface area (Å²) in [6.07, 6.45) is 3.46. The Hall–Kier alpha value is -2.73. The van der Waals surface area contributed by atoms with Gasteiger partial charge in [0.05, 0.1) is 11.2 Å². The van der Waals surface area contributed by atoms with Crippen molar-refractivity contribution >= 4 is 16.6 Å². The summed E-state index contributed by atoms with van der Waals surface area (Å²) in [4.78, 5) is 23.1. The van der Waals surface area contributed by atoms with Crippen molar-refractivity contribution in [2.24, 2.45) is 5.73 Å². The molecule has 0 saturated carbocycles. The average molecular weight is 325 g/mol. The minimum atomic E-state index is -0.104. The Morgan fingerprint density at radius 2 is 1.96 bits per heavy atom. The first-order chi connectivity index (χ1) is 11.6. The first kappa shape index (κ1) is 17.6. The normalized spacial score (nSPS) is 10.2. The molecule has 3 aromatic rings. The minimum Gasteiger partial charge on any atom is -0.373 e. The van der Waals surface area contributed by atoms with Gasteiger partial charge in [-0.25, -0.2) is 4.98 Å². The van der Waals surface area contributed by atoms with Crippen molar-refractivity contribution in [3.05, 3.63) is 58.8 Å². The SMILES string of the molecule is CC.CN(C)c1cccn(-c2ccc3cnc(CN)cc3n2)c1=O. The standard InChI is InChI=1S/C16H17N5O.C2H6/c1-20(2)14-4-3-7-21(16(14)22)15-6-5-11-10-18-12(9-17)8-13(11)19-15;1-2/h3-8,10H,9,17H2,1-2H3;1-2H3. The van der Waals surface area contributed by atoms with E-state index in [4.69, 9.17) is 5.73 Å². The van der Waals surface area contributed by atoms with Crippen molar-refractivity contribution in [1.82, 2.24) is 14.5 Å². The van der Waals surface area contributed by atoms with Crippen LogP contribution in [-0.2, 0) is 6.54 Å². The summed E-state index contributed by atoms with van der Waals surface area (Å²) in [6, 6.07) is 9.18. The van der Waals surface area contributed by atoms with Gasteiger partial charge in [-0.15, -0.1) is 0 Å². The molecule has 0 saturated heterocycles. The van der Waals surface area contributed by atoms with Crippen LogP contribution in [0.25, 0.3) is 16.7 Å². The molecule has 126 valence electrons. The average Bonchev–Trinajstić information content (AvgIpc) is 2.62. The Kier molecular flexibility index (Phi) is 5.65. The summed E-state index contributed by atoms with van der Waals surface area (Å²) in [5.74, 6) is 0.579. The number of anilines is 1. The number of hydrogen-bond donors (Lipinski definition) is 1. The second-order valence-corrected chi connectivity index (χ2v) is 5.20. The highest BCUT2D eigenvalue weighted by atomic mass is 16.1. The zero-order chi connectivity index (χ0) is 17.7. The van der Waals surface area contributed by atoms with E-state index in [2.05, 4.69) is 9.97 Å². The van der Waals surface area contributed by atoms with Gasteiger partial charge in [0.15, 0.2) is 0 Å². The van der Waals surface area contributed by atoms with Gasteiger partial charge in [0.25, 0.3) is 5.56 Å². The zero-order valence-corrected chi connectivity index (χ0v) is 14.5. The van der Waals surface area contributed by atoms with Crippen LogP contribution in [-0.4, -0.2) is 28.6 Å². The van der Waals surface area contributed by atoms with E-state index in [1.807, 2.05) is 52.2 Å². The number of fused-ring (bicyclic) bond motifs is 1. The second kappa shape index (κ2) is 7.70. The van der Waals surface area contributed by atoms with Crippen LogP contribution in [0.2, 0.25) is 0 Å². The maximum atomic E-state index is 12.5. The highest BCUT2D eigenvalue weighted by molar-refractivity contribution is 5.78. The quantitative estimate of drug-likeness (QED) is 0.800. The van der Waals surface area contributed by atoms with Gasteiger partial charge in [-0.2, -0.15) is 0 Å². The maximum Gasteiger partial charge on any atom is 0.279 e. The lowest BCUT2D eigenvalue weighted by Gasteiger charge is -2.13. The Bertz CT molecular complexity index is 886. The Balaban J connectivity index is 0.00000100. The fraction of sp³-hybridized carbons (Fsp3) is 0.278. The molecule has 0 bridgehead atoms.